The number of ether oxygens (including phenoxy) is 2. The van der Waals surface area contributed by atoms with Gasteiger partial charge < -0.3 is 14.8 Å². The van der Waals surface area contributed by atoms with Gasteiger partial charge >= 0.3 is 0 Å². The van der Waals surface area contributed by atoms with Gasteiger partial charge in [-0.3, -0.25) is 4.72 Å². The van der Waals surface area contributed by atoms with Gasteiger partial charge in [0.05, 0.1) is 19.8 Å². The minimum atomic E-state index is 0.699. The maximum absolute atomic E-state index is 5.39. The lowest BCUT2D eigenvalue weighted by Gasteiger charge is -2.06. The summed E-state index contributed by atoms with van der Waals surface area (Å²) < 4.78 is 13.9. The topological polar surface area (TPSA) is 42.5 Å². The molecule has 0 aromatic carbocycles. The first kappa shape index (κ1) is 17.2. The second-order valence-electron chi connectivity index (χ2n) is 3.72. The van der Waals surface area contributed by atoms with Crippen LogP contribution in [0.5, 0.6) is 0 Å². The Kier molecular flexibility index (Phi) is 16.4. The summed E-state index contributed by atoms with van der Waals surface area (Å²) in [5.74, 6) is 1.18. The van der Waals surface area contributed by atoms with E-state index in [-0.39, 0.29) is 0 Å². The lowest BCUT2D eigenvalue weighted by molar-refractivity contribution is 0.0554. The van der Waals surface area contributed by atoms with Crippen molar-refractivity contribution in [2.75, 3.05) is 52.3 Å². The lowest BCUT2D eigenvalue weighted by atomic mass is 10.2. The van der Waals surface area contributed by atoms with Crippen molar-refractivity contribution in [1.82, 2.24) is 10.0 Å². The maximum atomic E-state index is 5.39. The third-order valence-electron chi connectivity index (χ3n) is 2.20. The molecule has 0 aliphatic rings. The Hall–Kier alpha value is 0.190. The summed E-state index contributed by atoms with van der Waals surface area (Å²) in [6, 6.07) is 0. The van der Waals surface area contributed by atoms with Crippen LogP contribution in [0.1, 0.15) is 26.2 Å². The Morgan fingerprint density at radius 1 is 0.941 bits per heavy atom. The van der Waals surface area contributed by atoms with Gasteiger partial charge in [-0.15, -0.1) is 0 Å². The van der Waals surface area contributed by atoms with E-state index in [2.05, 4.69) is 10.0 Å². The van der Waals surface area contributed by atoms with Crippen LogP contribution < -0.4 is 10.0 Å². The van der Waals surface area contributed by atoms with E-state index < -0.39 is 0 Å². The Labute approximate surface area is 110 Å². The fourth-order valence-corrected chi connectivity index (χ4v) is 2.00. The summed E-state index contributed by atoms with van der Waals surface area (Å²) in [7, 11) is 2.00. The molecule has 0 spiro atoms. The van der Waals surface area contributed by atoms with Crippen molar-refractivity contribution in [2.45, 2.75) is 26.2 Å². The van der Waals surface area contributed by atoms with E-state index in [0.717, 1.165) is 26.3 Å². The van der Waals surface area contributed by atoms with E-state index in [9.17, 15) is 0 Å². The Balaban J connectivity index is 2.85. The number of nitrogens with one attached hydrogen (secondary N) is 2. The third kappa shape index (κ3) is 16.2. The molecule has 2 N–H and O–H groups in total. The molecule has 0 aromatic heterocycles. The molecule has 0 saturated carbocycles. The predicted octanol–water partition coefficient (Wildman–Crippen LogP) is 1.67. The normalized spacial score (nSPS) is 10.9. The maximum Gasteiger partial charge on any atom is 0.0701 e. The molecule has 0 atom stereocenters. The van der Waals surface area contributed by atoms with Gasteiger partial charge in [0, 0.05) is 18.9 Å². The van der Waals surface area contributed by atoms with Crippen LogP contribution in [0.15, 0.2) is 0 Å². The van der Waals surface area contributed by atoms with Gasteiger partial charge in [0.1, 0.15) is 0 Å². The van der Waals surface area contributed by atoms with Crippen LogP contribution in [0.3, 0.4) is 0 Å². The second kappa shape index (κ2) is 16.2. The molecule has 17 heavy (non-hydrogen) atoms. The number of rotatable bonds is 14. The lowest BCUT2D eigenvalue weighted by Crippen LogP contribution is -2.15. The van der Waals surface area contributed by atoms with Crippen molar-refractivity contribution in [2.24, 2.45) is 0 Å². The molecule has 0 bridgehead atoms. The molecular weight excluding hydrogens is 236 g/mol. The highest BCUT2D eigenvalue weighted by atomic mass is 32.2. The van der Waals surface area contributed by atoms with Crippen LogP contribution in [-0.4, -0.2) is 52.3 Å². The van der Waals surface area contributed by atoms with E-state index in [1.54, 1.807) is 11.9 Å². The van der Waals surface area contributed by atoms with Crippen molar-refractivity contribution in [3.8, 4) is 0 Å². The van der Waals surface area contributed by atoms with E-state index in [0.29, 0.717) is 13.2 Å². The molecule has 0 radical (unpaired) electrons. The van der Waals surface area contributed by atoms with Crippen molar-refractivity contribution in [3.63, 3.8) is 0 Å². The molecule has 0 aliphatic carbocycles. The van der Waals surface area contributed by atoms with Gasteiger partial charge in [-0.1, -0.05) is 18.4 Å². The number of hydrogen-bond donors (Lipinski definition) is 2. The monoisotopic (exact) mass is 264 g/mol. The smallest absolute Gasteiger partial charge is 0.0701 e. The fourth-order valence-electron chi connectivity index (χ4n) is 1.28. The minimum Gasteiger partial charge on any atom is -0.379 e. The van der Waals surface area contributed by atoms with Gasteiger partial charge in [0.15, 0.2) is 0 Å². The molecule has 0 aliphatic heterocycles. The van der Waals surface area contributed by atoms with E-state index in [1.165, 1.54) is 25.0 Å². The van der Waals surface area contributed by atoms with Crippen LogP contribution in [0.2, 0.25) is 0 Å². The zero-order valence-electron chi connectivity index (χ0n) is 11.3. The van der Waals surface area contributed by atoms with Gasteiger partial charge in [-0.25, -0.2) is 0 Å². The second-order valence-corrected chi connectivity index (χ2v) is 4.70. The van der Waals surface area contributed by atoms with Crippen molar-refractivity contribution in [3.05, 3.63) is 0 Å². The molecular formula is C12H28N2O2S. The standard InChI is InChI=1S/C12H28N2O2S/c1-3-15-10-11-16-9-8-14-17-12-6-4-5-7-13-2/h13-14H,3-12H2,1-2H3. The zero-order chi connectivity index (χ0) is 12.6. The first-order valence-corrected chi connectivity index (χ1v) is 7.55. The van der Waals surface area contributed by atoms with Crippen LogP contribution in [0, 0.1) is 0 Å². The highest BCUT2D eigenvalue weighted by Gasteiger charge is 1.91. The first-order chi connectivity index (χ1) is 8.41. The number of unbranched alkanes of at least 4 members (excludes halogenated alkanes) is 2. The highest BCUT2D eigenvalue weighted by molar-refractivity contribution is 7.97. The molecule has 0 aromatic rings. The van der Waals surface area contributed by atoms with E-state index in [1.807, 2.05) is 14.0 Å². The summed E-state index contributed by atoms with van der Waals surface area (Å²) >= 11 is 1.80. The largest absolute Gasteiger partial charge is 0.379 e. The molecule has 104 valence electrons. The molecule has 0 unspecified atom stereocenters. The minimum absolute atomic E-state index is 0.699. The van der Waals surface area contributed by atoms with Crippen molar-refractivity contribution in [1.29, 1.82) is 0 Å². The zero-order valence-corrected chi connectivity index (χ0v) is 12.1. The van der Waals surface area contributed by atoms with E-state index >= 15 is 0 Å². The quantitative estimate of drug-likeness (QED) is 0.369. The van der Waals surface area contributed by atoms with Crippen molar-refractivity contribution < 1.29 is 9.47 Å². The first-order valence-electron chi connectivity index (χ1n) is 6.56. The van der Waals surface area contributed by atoms with E-state index in [4.69, 9.17) is 9.47 Å². The summed E-state index contributed by atoms with van der Waals surface area (Å²) in [5, 5.41) is 3.16. The van der Waals surface area contributed by atoms with Gasteiger partial charge in [-0.05, 0) is 33.4 Å². The Bertz CT molecular complexity index is 126. The van der Waals surface area contributed by atoms with Gasteiger partial charge in [0.25, 0.3) is 0 Å². The van der Waals surface area contributed by atoms with Gasteiger partial charge in [0.2, 0.25) is 0 Å². The molecule has 0 fully saturated rings. The van der Waals surface area contributed by atoms with Gasteiger partial charge in [-0.2, -0.15) is 0 Å². The van der Waals surface area contributed by atoms with Crippen molar-refractivity contribution >= 4 is 11.9 Å². The Morgan fingerprint density at radius 3 is 2.53 bits per heavy atom. The molecule has 5 heteroatoms. The summed E-state index contributed by atoms with van der Waals surface area (Å²) in [5.41, 5.74) is 0. The van der Waals surface area contributed by atoms with Crippen LogP contribution in [0.4, 0.5) is 0 Å². The summed E-state index contributed by atoms with van der Waals surface area (Å²) in [6.45, 7) is 6.97. The summed E-state index contributed by atoms with van der Waals surface area (Å²) in [4.78, 5) is 0. The fraction of sp³-hybridized carbons (Fsp3) is 1.00. The van der Waals surface area contributed by atoms with Crippen LogP contribution >= 0.6 is 11.9 Å². The number of hydrogen-bond acceptors (Lipinski definition) is 5. The van der Waals surface area contributed by atoms with Crippen LogP contribution in [-0.2, 0) is 9.47 Å². The molecule has 0 amide bonds. The highest BCUT2D eigenvalue weighted by Crippen LogP contribution is 2.01. The molecule has 0 heterocycles. The average molecular weight is 264 g/mol. The molecule has 0 saturated heterocycles. The molecule has 4 nitrogen and oxygen atoms in total. The van der Waals surface area contributed by atoms with Crippen LogP contribution in [0.25, 0.3) is 0 Å². The average Bonchev–Trinajstić information content (AvgIpc) is 2.35. The Morgan fingerprint density at radius 2 is 1.76 bits per heavy atom. The third-order valence-corrected chi connectivity index (χ3v) is 3.10. The molecule has 0 rings (SSSR count). The SMILES string of the molecule is CCOCCOCCNSCCCCCNC. The summed E-state index contributed by atoms with van der Waals surface area (Å²) in [6.07, 6.45) is 3.86. The predicted molar refractivity (Wildman–Crippen MR) is 75.6 cm³/mol.